The van der Waals surface area contributed by atoms with Crippen molar-refractivity contribution in [1.29, 1.82) is 0 Å². The van der Waals surface area contributed by atoms with Crippen molar-refractivity contribution in [2.75, 3.05) is 0 Å². The standard InChI is InChI=1S/C6H7OPS3.6C4H9.2Sn/c9-8(10,11)7-6-4-2-1-3-5-6;6*1-3-4-2;;/h1-5H,(H2,9,10,11);6*1,3-4H2,2H3;;/q;;;;;;;2*+1/p-2. The Hall–Kier alpha value is 1.97. The van der Waals surface area contributed by atoms with Crippen molar-refractivity contribution in [3.63, 3.8) is 0 Å². The third-order valence-electron chi connectivity index (χ3n) is 7.49. The van der Waals surface area contributed by atoms with Gasteiger partial charge in [-0.05, 0) is 0 Å². The summed E-state index contributed by atoms with van der Waals surface area (Å²) in [5, 5.41) is 0. The normalized spacial score (nSPS) is 12.7. The number of unbranched alkanes of at least 4 members (excludes halogenated alkanes) is 6. The summed E-state index contributed by atoms with van der Waals surface area (Å²) in [5.41, 5.74) is 0. The van der Waals surface area contributed by atoms with Crippen LogP contribution < -0.4 is 4.52 Å². The molecule has 0 aromatic heterocycles. The first kappa shape index (κ1) is 37.0. The Morgan fingerprint density at radius 1 is 0.568 bits per heavy atom. The van der Waals surface area contributed by atoms with Crippen LogP contribution in [0.25, 0.3) is 0 Å². The fraction of sp³-hybridized carbons (Fsp3) is 0.800. The number of benzene rings is 1. The minimum absolute atomic E-state index is 1.04. The molecule has 0 unspecified atom stereocenters. The Bertz CT molecular complexity index is 653. The van der Waals surface area contributed by atoms with Crippen LogP contribution in [0.1, 0.15) is 119 Å². The first-order chi connectivity index (χ1) is 17.9. The van der Waals surface area contributed by atoms with Crippen LogP contribution in [0.5, 0.6) is 5.75 Å². The van der Waals surface area contributed by atoms with Crippen LogP contribution in [-0.4, -0.2) is 34.0 Å². The molecule has 0 amide bonds. The molecule has 0 bridgehead atoms. The average molecular weight is 800 g/mol. The van der Waals surface area contributed by atoms with E-state index in [4.69, 9.17) is 16.3 Å². The fourth-order valence-electron chi connectivity index (χ4n) is 5.16. The van der Waals surface area contributed by atoms with Gasteiger partial charge in [-0.2, -0.15) is 0 Å². The summed E-state index contributed by atoms with van der Waals surface area (Å²) in [6.07, 6.45) is 16.3. The van der Waals surface area contributed by atoms with Crippen molar-refractivity contribution in [3.8, 4) is 5.75 Å². The Morgan fingerprint density at radius 2 is 0.865 bits per heavy atom. The number of para-hydroxylation sites is 1. The van der Waals surface area contributed by atoms with Crippen molar-refractivity contribution >= 4 is 67.6 Å². The molecule has 0 heterocycles. The summed E-state index contributed by atoms with van der Waals surface area (Å²) >= 11 is 1.81. The van der Waals surface area contributed by atoms with E-state index in [1.807, 2.05) is 0 Å². The van der Waals surface area contributed by atoms with Crippen LogP contribution >= 0.6 is 21.8 Å². The molecule has 0 fully saturated rings. The van der Waals surface area contributed by atoms with E-state index >= 15 is 0 Å². The van der Waals surface area contributed by atoms with Gasteiger partial charge < -0.3 is 0 Å². The van der Waals surface area contributed by atoms with Gasteiger partial charge in [-0.25, -0.2) is 0 Å². The maximum absolute atomic E-state index is 7.15. The SMILES string of the molecule is CCC[CH2][Sn]([CH2]CCC)([CH2]CCC)[S]P(=S)(Oc1ccccc1)[S][Sn]([CH2]CCC)([CH2]CCC)[CH2]CCC. The predicted molar refractivity (Wildman–Crippen MR) is 186 cm³/mol. The molecule has 0 radical (unpaired) electrons. The second-order valence-corrected chi connectivity index (χ2v) is 63.3. The van der Waals surface area contributed by atoms with Gasteiger partial charge in [0.2, 0.25) is 0 Å². The molecule has 0 N–H and O–H groups in total. The molecule has 37 heavy (non-hydrogen) atoms. The molecule has 1 aromatic rings. The molecule has 0 spiro atoms. The summed E-state index contributed by atoms with van der Waals surface area (Å²) in [6.45, 7) is 14.3. The summed E-state index contributed by atoms with van der Waals surface area (Å²) in [4.78, 5) is 0. The molecule has 0 saturated heterocycles. The third kappa shape index (κ3) is 15.1. The van der Waals surface area contributed by atoms with Crippen LogP contribution in [0.3, 0.4) is 0 Å². The van der Waals surface area contributed by atoms with E-state index in [1.165, 1.54) is 104 Å². The zero-order valence-corrected chi connectivity index (χ0v) is 34.2. The van der Waals surface area contributed by atoms with Gasteiger partial charge in [0.1, 0.15) is 0 Å². The number of hydrogen-bond donors (Lipinski definition) is 0. The monoisotopic (exact) mass is 802 g/mol. The first-order valence-electron chi connectivity index (χ1n) is 15.6. The summed E-state index contributed by atoms with van der Waals surface area (Å²) in [7, 11) is 4.82. The Morgan fingerprint density at radius 3 is 1.14 bits per heavy atom. The summed E-state index contributed by atoms with van der Waals surface area (Å²) in [5.74, 6) is 1.04. The topological polar surface area (TPSA) is 9.23 Å². The van der Waals surface area contributed by atoms with E-state index in [2.05, 4.69) is 89.0 Å². The van der Waals surface area contributed by atoms with E-state index in [1.54, 1.807) is 0 Å². The second-order valence-electron chi connectivity index (χ2n) is 11.0. The molecule has 7 heteroatoms. The second kappa shape index (κ2) is 21.6. The molecular weight excluding hydrogens is 741 g/mol. The zero-order chi connectivity index (χ0) is 27.5. The van der Waals surface area contributed by atoms with Gasteiger partial charge in [0, 0.05) is 0 Å². The number of hydrogen-bond acceptors (Lipinski definition) is 4. The van der Waals surface area contributed by atoms with Crippen LogP contribution in [0.4, 0.5) is 0 Å². The van der Waals surface area contributed by atoms with Crippen LogP contribution in [0.2, 0.25) is 26.6 Å². The van der Waals surface area contributed by atoms with Gasteiger partial charge in [-0.1, -0.05) is 0 Å². The molecular formula is C30H59OPS3Sn2. The zero-order valence-electron chi connectivity index (χ0n) is 25.2. The summed E-state index contributed by atoms with van der Waals surface area (Å²) < 4.78 is 14.1. The molecule has 0 atom stereocenters. The van der Waals surface area contributed by atoms with Crippen LogP contribution in [0.15, 0.2) is 30.3 Å². The summed E-state index contributed by atoms with van der Waals surface area (Å²) in [6, 6.07) is 10.7. The van der Waals surface area contributed by atoms with Gasteiger partial charge in [-0.3, -0.25) is 0 Å². The molecule has 0 saturated carbocycles. The predicted octanol–water partition coefficient (Wildman–Crippen LogP) is 13.4. The van der Waals surface area contributed by atoms with Crippen LogP contribution in [0, 0.1) is 0 Å². The molecule has 1 nitrogen and oxygen atoms in total. The van der Waals surface area contributed by atoms with Crippen molar-refractivity contribution in [3.05, 3.63) is 30.3 Å². The fourth-order valence-corrected chi connectivity index (χ4v) is 141. The molecule has 1 rings (SSSR count). The van der Waals surface area contributed by atoms with Crippen molar-refractivity contribution in [2.45, 2.75) is 145 Å². The van der Waals surface area contributed by atoms with E-state index in [-0.39, 0.29) is 0 Å². The average Bonchev–Trinajstić information content (AvgIpc) is 2.90. The van der Waals surface area contributed by atoms with E-state index < -0.39 is 38.7 Å². The van der Waals surface area contributed by atoms with Gasteiger partial charge in [-0.15, -0.1) is 0 Å². The maximum atomic E-state index is 7.15. The van der Waals surface area contributed by atoms with Gasteiger partial charge in [0.05, 0.1) is 0 Å². The van der Waals surface area contributed by atoms with Crippen molar-refractivity contribution in [2.24, 2.45) is 0 Å². The van der Waals surface area contributed by atoms with Gasteiger partial charge >= 0.3 is 253 Å². The van der Waals surface area contributed by atoms with Gasteiger partial charge in [0.15, 0.2) is 0 Å². The number of rotatable bonds is 24. The molecule has 0 aliphatic heterocycles. The van der Waals surface area contributed by atoms with Crippen LogP contribution in [-0.2, 0) is 11.8 Å². The molecule has 216 valence electrons. The quantitative estimate of drug-likeness (QED) is 0.0760. The van der Waals surface area contributed by atoms with E-state index in [9.17, 15) is 0 Å². The molecule has 0 aliphatic carbocycles. The molecule has 0 aliphatic rings. The first-order valence-corrected chi connectivity index (χ1v) is 40.3. The minimum atomic E-state index is -2.55. The third-order valence-corrected chi connectivity index (χ3v) is 92.7. The van der Waals surface area contributed by atoms with Gasteiger partial charge in [0.25, 0.3) is 0 Å². The van der Waals surface area contributed by atoms with E-state index in [0.29, 0.717) is 0 Å². The molecule has 1 aromatic carbocycles. The Labute approximate surface area is 250 Å². The Kier molecular flexibility index (Phi) is 21.6. The Balaban J connectivity index is 3.54. The van der Waals surface area contributed by atoms with E-state index in [0.717, 1.165) is 5.75 Å². The van der Waals surface area contributed by atoms with Crippen molar-refractivity contribution in [1.82, 2.24) is 0 Å². The van der Waals surface area contributed by atoms with Crippen molar-refractivity contribution < 1.29 is 4.52 Å².